The van der Waals surface area contributed by atoms with E-state index >= 15 is 0 Å². The Morgan fingerprint density at radius 1 is 1.47 bits per heavy atom. The Balaban J connectivity index is 1.98. The number of anilines is 1. The van der Waals surface area contributed by atoms with E-state index in [-0.39, 0.29) is 0 Å². The summed E-state index contributed by atoms with van der Waals surface area (Å²) in [6.45, 7) is 5.24. The van der Waals surface area contributed by atoms with Gasteiger partial charge in [0.1, 0.15) is 11.5 Å². The minimum absolute atomic E-state index is 0.591. The highest BCUT2D eigenvalue weighted by atomic mass is 16.3. The largest absolute Gasteiger partial charge is 0.465 e. The highest BCUT2D eigenvalue weighted by Crippen LogP contribution is 2.08. The first-order valence-corrected chi connectivity index (χ1v) is 4.85. The Kier molecular flexibility index (Phi) is 2.66. The van der Waals surface area contributed by atoms with Crippen molar-refractivity contribution in [1.82, 2.24) is 20.2 Å². The molecule has 0 aliphatic rings. The SMILES string of the molecule is CCn1nnnc1NCc1ccc(C)o1. The van der Waals surface area contributed by atoms with Gasteiger partial charge in [-0.3, -0.25) is 0 Å². The second-order valence-corrected chi connectivity index (χ2v) is 3.18. The Bertz CT molecular complexity index is 433. The number of aromatic nitrogens is 4. The highest BCUT2D eigenvalue weighted by molar-refractivity contribution is 5.23. The summed E-state index contributed by atoms with van der Waals surface area (Å²) in [5.41, 5.74) is 0. The van der Waals surface area contributed by atoms with Crippen molar-refractivity contribution < 1.29 is 4.42 Å². The number of tetrazole rings is 1. The zero-order valence-electron chi connectivity index (χ0n) is 8.77. The second kappa shape index (κ2) is 4.12. The first-order chi connectivity index (χ1) is 7.29. The molecule has 0 spiro atoms. The summed E-state index contributed by atoms with van der Waals surface area (Å²) in [5.74, 6) is 2.44. The molecule has 0 aromatic carbocycles. The quantitative estimate of drug-likeness (QED) is 0.816. The van der Waals surface area contributed by atoms with Gasteiger partial charge in [-0.05, 0) is 36.4 Å². The van der Waals surface area contributed by atoms with E-state index in [1.165, 1.54) is 0 Å². The predicted molar refractivity (Wildman–Crippen MR) is 54.3 cm³/mol. The first-order valence-electron chi connectivity index (χ1n) is 4.85. The molecule has 0 saturated carbocycles. The number of hydrogen-bond acceptors (Lipinski definition) is 5. The molecule has 1 N–H and O–H groups in total. The fraction of sp³-hybridized carbons (Fsp3) is 0.444. The summed E-state index contributed by atoms with van der Waals surface area (Å²) >= 11 is 0. The molecule has 80 valence electrons. The van der Waals surface area contributed by atoms with Crippen LogP contribution in [0.15, 0.2) is 16.5 Å². The van der Waals surface area contributed by atoms with E-state index < -0.39 is 0 Å². The molecular formula is C9H13N5O. The van der Waals surface area contributed by atoms with Crippen LogP contribution in [0.4, 0.5) is 5.95 Å². The van der Waals surface area contributed by atoms with Crippen molar-refractivity contribution in [3.8, 4) is 0 Å². The summed E-state index contributed by atoms with van der Waals surface area (Å²) in [4.78, 5) is 0. The van der Waals surface area contributed by atoms with Crippen molar-refractivity contribution in [3.63, 3.8) is 0 Å². The predicted octanol–water partition coefficient (Wildman–Crippen LogP) is 1.21. The Morgan fingerprint density at radius 2 is 2.33 bits per heavy atom. The normalized spacial score (nSPS) is 10.5. The van der Waals surface area contributed by atoms with E-state index in [0.717, 1.165) is 18.1 Å². The molecule has 0 unspecified atom stereocenters. The number of nitrogens with zero attached hydrogens (tertiary/aromatic N) is 4. The maximum atomic E-state index is 5.41. The lowest BCUT2D eigenvalue weighted by Crippen LogP contribution is -2.07. The summed E-state index contributed by atoms with van der Waals surface area (Å²) in [7, 11) is 0. The van der Waals surface area contributed by atoms with Crippen LogP contribution < -0.4 is 5.32 Å². The van der Waals surface area contributed by atoms with Crippen molar-refractivity contribution in [1.29, 1.82) is 0 Å². The van der Waals surface area contributed by atoms with Gasteiger partial charge in [-0.15, -0.1) is 0 Å². The van der Waals surface area contributed by atoms with Crippen molar-refractivity contribution in [2.45, 2.75) is 26.9 Å². The summed E-state index contributed by atoms with van der Waals surface area (Å²) < 4.78 is 7.11. The Morgan fingerprint density at radius 3 is 3.00 bits per heavy atom. The second-order valence-electron chi connectivity index (χ2n) is 3.18. The Hall–Kier alpha value is -1.85. The van der Waals surface area contributed by atoms with E-state index in [1.54, 1.807) is 4.68 Å². The van der Waals surface area contributed by atoms with Crippen LogP contribution in [0, 0.1) is 6.92 Å². The van der Waals surface area contributed by atoms with Gasteiger partial charge in [0.2, 0.25) is 5.95 Å². The topological polar surface area (TPSA) is 68.8 Å². The van der Waals surface area contributed by atoms with E-state index in [1.807, 2.05) is 26.0 Å². The number of nitrogens with one attached hydrogen (secondary N) is 1. The molecule has 0 saturated heterocycles. The molecule has 0 radical (unpaired) electrons. The van der Waals surface area contributed by atoms with Crippen LogP contribution in [-0.2, 0) is 13.1 Å². The molecule has 0 atom stereocenters. The van der Waals surface area contributed by atoms with Crippen molar-refractivity contribution >= 4 is 5.95 Å². The molecule has 2 aromatic heterocycles. The third kappa shape index (κ3) is 2.15. The molecule has 15 heavy (non-hydrogen) atoms. The maximum Gasteiger partial charge on any atom is 0.243 e. The third-order valence-electron chi connectivity index (χ3n) is 2.05. The summed E-state index contributed by atoms with van der Waals surface area (Å²) in [6.07, 6.45) is 0. The van der Waals surface area contributed by atoms with Crippen molar-refractivity contribution in [3.05, 3.63) is 23.7 Å². The molecule has 2 aromatic rings. The standard InChI is InChI=1S/C9H13N5O/c1-3-14-9(11-12-13-14)10-6-8-5-4-7(2)15-8/h4-5H,3,6H2,1-2H3,(H,10,11,13). The van der Waals surface area contributed by atoms with E-state index in [0.29, 0.717) is 12.5 Å². The van der Waals surface area contributed by atoms with Gasteiger partial charge in [-0.1, -0.05) is 5.10 Å². The van der Waals surface area contributed by atoms with Crippen LogP contribution in [-0.4, -0.2) is 20.2 Å². The number of furan rings is 1. The maximum absolute atomic E-state index is 5.41. The monoisotopic (exact) mass is 207 g/mol. The molecule has 6 nitrogen and oxygen atoms in total. The van der Waals surface area contributed by atoms with Gasteiger partial charge in [0.15, 0.2) is 0 Å². The van der Waals surface area contributed by atoms with Gasteiger partial charge in [-0.2, -0.15) is 0 Å². The summed E-state index contributed by atoms with van der Waals surface area (Å²) in [6, 6.07) is 3.86. The average Bonchev–Trinajstić information content (AvgIpc) is 2.83. The molecule has 2 rings (SSSR count). The lowest BCUT2D eigenvalue weighted by Gasteiger charge is -2.02. The fourth-order valence-electron chi connectivity index (χ4n) is 1.29. The minimum atomic E-state index is 0.591. The first kappa shape index (κ1) is 9.70. The fourth-order valence-corrected chi connectivity index (χ4v) is 1.29. The number of hydrogen-bond donors (Lipinski definition) is 1. The van der Waals surface area contributed by atoms with Crippen LogP contribution in [0.1, 0.15) is 18.4 Å². The molecular weight excluding hydrogens is 194 g/mol. The molecule has 6 heteroatoms. The molecule has 0 aliphatic carbocycles. The van der Waals surface area contributed by atoms with Gasteiger partial charge in [-0.25, -0.2) is 4.68 Å². The number of aryl methyl sites for hydroxylation is 2. The molecule has 0 bridgehead atoms. The minimum Gasteiger partial charge on any atom is -0.465 e. The molecule has 0 amide bonds. The van der Waals surface area contributed by atoms with Crippen LogP contribution in [0.5, 0.6) is 0 Å². The molecule has 0 aliphatic heterocycles. The van der Waals surface area contributed by atoms with Crippen LogP contribution >= 0.6 is 0 Å². The van der Waals surface area contributed by atoms with Gasteiger partial charge in [0.05, 0.1) is 6.54 Å². The Labute approximate surface area is 87.3 Å². The lowest BCUT2D eigenvalue weighted by atomic mass is 10.4. The van der Waals surface area contributed by atoms with Gasteiger partial charge in [0.25, 0.3) is 0 Å². The highest BCUT2D eigenvalue weighted by Gasteiger charge is 2.04. The van der Waals surface area contributed by atoms with Crippen LogP contribution in [0.25, 0.3) is 0 Å². The zero-order valence-corrected chi connectivity index (χ0v) is 8.77. The lowest BCUT2D eigenvalue weighted by molar-refractivity contribution is 0.489. The van der Waals surface area contributed by atoms with Gasteiger partial charge in [0, 0.05) is 6.54 Å². The van der Waals surface area contributed by atoms with E-state index in [9.17, 15) is 0 Å². The van der Waals surface area contributed by atoms with Crippen molar-refractivity contribution in [2.24, 2.45) is 0 Å². The zero-order chi connectivity index (χ0) is 10.7. The van der Waals surface area contributed by atoms with E-state index in [4.69, 9.17) is 4.42 Å². The van der Waals surface area contributed by atoms with Crippen molar-refractivity contribution in [2.75, 3.05) is 5.32 Å². The summed E-state index contributed by atoms with van der Waals surface area (Å²) in [5, 5.41) is 14.4. The van der Waals surface area contributed by atoms with Crippen LogP contribution in [0.3, 0.4) is 0 Å². The van der Waals surface area contributed by atoms with Gasteiger partial charge >= 0.3 is 0 Å². The third-order valence-corrected chi connectivity index (χ3v) is 2.05. The smallest absolute Gasteiger partial charge is 0.243 e. The van der Waals surface area contributed by atoms with E-state index in [2.05, 4.69) is 20.8 Å². The van der Waals surface area contributed by atoms with Crippen LogP contribution in [0.2, 0.25) is 0 Å². The number of rotatable bonds is 4. The molecule has 2 heterocycles. The van der Waals surface area contributed by atoms with Gasteiger partial charge < -0.3 is 9.73 Å². The molecule has 0 fully saturated rings. The average molecular weight is 207 g/mol.